The van der Waals surface area contributed by atoms with Gasteiger partial charge in [0.15, 0.2) is 0 Å². The molecule has 1 amide bonds. The van der Waals surface area contributed by atoms with Crippen molar-refractivity contribution in [2.75, 3.05) is 13.1 Å². The lowest BCUT2D eigenvalue weighted by Crippen LogP contribution is -2.36. The number of carbonyl (C=O) groups excluding carboxylic acids is 1. The van der Waals surface area contributed by atoms with Gasteiger partial charge in [0, 0.05) is 18.8 Å². The first-order valence-corrected chi connectivity index (χ1v) is 6.45. The lowest BCUT2D eigenvalue weighted by atomic mass is 9.88. The molecule has 1 aromatic rings. The summed E-state index contributed by atoms with van der Waals surface area (Å²) in [5, 5.41) is 6.21. The van der Waals surface area contributed by atoms with Crippen LogP contribution in [0.1, 0.15) is 43.2 Å². The summed E-state index contributed by atoms with van der Waals surface area (Å²) in [7, 11) is 0. The highest BCUT2D eigenvalue weighted by atomic mass is 16.1. The molecule has 4 heteroatoms. The van der Waals surface area contributed by atoms with Gasteiger partial charge in [-0.15, -0.1) is 0 Å². The molecule has 0 radical (unpaired) electrons. The smallest absolute Gasteiger partial charge is 0.270 e. The number of nitrogens with one attached hydrogen (secondary N) is 2. The lowest BCUT2D eigenvalue weighted by Gasteiger charge is -2.18. The molecule has 0 saturated carbocycles. The van der Waals surface area contributed by atoms with Crippen LogP contribution in [0.15, 0.2) is 18.3 Å². The molecule has 1 saturated heterocycles. The largest absolute Gasteiger partial charge is 0.347 e. The van der Waals surface area contributed by atoms with E-state index in [2.05, 4.69) is 36.4 Å². The Kier molecular flexibility index (Phi) is 3.66. The maximum absolute atomic E-state index is 12.0. The molecular weight excluding hydrogens is 226 g/mol. The van der Waals surface area contributed by atoms with Crippen LogP contribution in [0, 0.1) is 0 Å². The van der Waals surface area contributed by atoms with Crippen molar-refractivity contribution in [2.45, 2.75) is 38.6 Å². The zero-order valence-corrected chi connectivity index (χ0v) is 11.3. The predicted molar refractivity (Wildman–Crippen MR) is 71.7 cm³/mol. The summed E-state index contributed by atoms with van der Waals surface area (Å²) >= 11 is 0. The minimum Gasteiger partial charge on any atom is -0.347 e. The Balaban J connectivity index is 2.02. The van der Waals surface area contributed by atoms with Crippen molar-refractivity contribution in [3.63, 3.8) is 0 Å². The third kappa shape index (κ3) is 3.07. The van der Waals surface area contributed by atoms with Crippen LogP contribution in [0.25, 0.3) is 0 Å². The van der Waals surface area contributed by atoms with Crippen molar-refractivity contribution in [3.8, 4) is 0 Å². The molecule has 1 aliphatic rings. The van der Waals surface area contributed by atoms with Crippen molar-refractivity contribution >= 4 is 5.91 Å². The number of amides is 1. The van der Waals surface area contributed by atoms with Crippen LogP contribution in [0.2, 0.25) is 0 Å². The fourth-order valence-corrected chi connectivity index (χ4v) is 2.01. The minimum atomic E-state index is -0.0795. The van der Waals surface area contributed by atoms with Crippen LogP contribution in [-0.2, 0) is 5.41 Å². The van der Waals surface area contributed by atoms with Gasteiger partial charge in [0.2, 0.25) is 0 Å². The molecule has 2 rings (SSSR count). The van der Waals surface area contributed by atoms with E-state index in [4.69, 9.17) is 0 Å². The summed E-state index contributed by atoms with van der Waals surface area (Å²) in [5.41, 5.74) is 1.70. The fourth-order valence-electron chi connectivity index (χ4n) is 2.01. The first-order chi connectivity index (χ1) is 8.47. The lowest BCUT2D eigenvalue weighted by molar-refractivity contribution is 0.0935. The van der Waals surface area contributed by atoms with E-state index in [-0.39, 0.29) is 17.4 Å². The van der Waals surface area contributed by atoms with E-state index < -0.39 is 0 Å². The standard InChI is InChI=1S/C14H21N3O/c1-14(2,3)10-4-5-12(16-8-10)13(18)17-11-6-7-15-9-11/h4-5,8,11,15H,6-7,9H2,1-3H3,(H,17,18)/t11-/m0/s1. The van der Waals surface area contributed by atoms with E-state index in [9.17, 15) is 4.79 Å². The zero-order valence-electron chi connectivity index (χ0n) is 11.3. The molecule has 0 aliphatic carbocycles. The number of nitrogens with zero attached hydrogens (tertiary/aromatic N) is 1. The van der Waals surface area contributed by atoms with Crippen molar-refractivity contribution < 1.29 is 4.79 Å². The molecule has 1 aromatic heterocycles. The molecule has 98 valence electrons. The van der Waals surface area contributed by atoms with Crippen LogP contribution >= 0.6 is 0 Å². The molecular formula is C14H21N3O. The first kappa shape index (κ1) is 13.0. The molecule has 1 fully saturated rings. The normalized spacial score (nSPS) is 19.8. The highest BCUT2D eigenvalue weighted by molar-refractivity contribution is 5.92. The second-order valence-electron chi connectivity index (χ2n) is 5.85. The Labute approximate surface area is 108 Å². The zero-order chi connectivity index (χ0) is 13.2. The number of rotatable bonds is 2. The van der Waals surface area contributed by atoms with Crippen molar-refractivity contribution in [3.05, 3.63) is 29.6 Å². The van der Waals surface area contributed by atoms with Crippen molar-refractivity contribution in [1.82, 2.24) is 15.6 Å². The first-order valence-electron chi connectivity index (χ1n) is 6.45. The highest BCUT2D eigenvalue weighted by Gasteiger charge is 2.19. The molecule has 0 bridgehead atoms. The Morgan fingerprint density at radius 1 is 1.44 bits per heavy atom. The van der Waals surface area contributed by atoms with Crippen LogP contribution in [0.4, 0.5) is 0 Å². The average molecular weight is 247 g/mol. The van der Waals surface area contributed by atoms with E-state index in [1.165, 1.54) is 0 Å². The van der Waals surface area contributed by atoms with Crippen LogP contribution in [0.3, 0.4) is 0 Å². The summed E-state index contributed by atoms with van der Waals surface area (Å²) in [6.07, 6.45) is 2.79. The molecule has 0 aromatic carbocycles. The van der Waals surface area contributed by atoms with Gasteiger partial charge < -0.3 is 10.6 Å². The molecule has 1 aliphatic heterocycles. The monoisotopic (exact) mass is 247 g/mol. The second-order valence-corrected chi connectivity index (χ2v) is 5.85. The maximum atomic E-state index is 12.0. The molecule has 2 heterocycles. The third-order valence-corrected chi connectivity index (χ3v) is 3.26. The summed E-state index contributed by atoms with van der Waals surface area (Å²) in [6, 6.07) is 4.02. The summed E-state index contributed by atoms with van der Waals surface area (Å²) in [4.78, 5) is 16.2. The van der Waals surface area contributed by atoms with E-state index in [0.717, 1.165) is 25.1 Å². The quantitative estimate of drug-likeness (QED) is 0.832. The second kappa shape index (κ2) is 5.06. The number of hydrogen-bond donors (Lipinski definition) is 2. The summed E-state index contributed by atoms with van der Waals surface area (Å²) < 4.78 is 0. The highest BCUT2D eigenvalue weighted by Crippen LogP contribution is 2.20. The summed E-state index contributed by atoms with van der Waals surface area (Å²) in [5.74, 6) is -0.0795. The van der Waals surface area contributed by atoms with Gasteiger partial charge in [0.25, 0.3) is 5.91 Å². The predicted octanol–water partition coefficient (Wildman–Crippen LogP) is 1.47. The van der Waals surface area contributed by atoms with Gasteiger partial charge in [0.05, 0.1) is 0 Å². The Morgan fingerprint density at radius 2 is 2.22 bits per heavy atom. The van der Waals surface area contributed by atoms with Gasteiger partial charge in [0.1, 0.15) is 5.69 Å². The minimum absolute atomic E-state index is 0.0668. The molecule has 2 N–H and O–H groups in total. The Morgan fingerprint density at radius 3 is 2.72 bits per heavy atom. The fraction of sp³-hybridized carbons (Fsp3) is 0.571. The molecule has 0 spiro atoms. The topological polar surface area (TPSA) is 54.0 Å². The van der Waals surface area contributed by atoms with Gasteiger partial charge in [-0.2, -0.15) is 0 Å². The van der Waals surface area contributed by atoms with E-state index in [1.54, 1.807) is 12.3 Å². The van der Waals surface area contributed by atoms with E-state index >= 15 is 0 Å². The van der Waals surface area contributed by atoms with Gasteiger partial charge in [-0.25, -0.2) is 0 Å². The van der Waals surface area contributed by atoms with Gasteiger partial charge in [-0.3, -0.25) is 9.78 Å². The Hall–Kier alpha value is -1.42. The average Bonchev–Trinajstić information content (AvgIpc) is 2.81. The number of carbonyl (C=O) groups is 1. The van der Waals surface area contributed by atoms with Gasteiger partial charge in [-0.1, -0.05) is 26.8 Å². The van der Waals surface area contributed by atoms with Gasteiger partial charge in [-0.05, 0) is 30.0 Å². The molecule has 4 nitrogen and oxygen atoms in total. The maximum Gasteiger partial charge on any atom is 0.270 e. The number of pyridine rings is 1. The number of aromatic nitrogens is 1. The SMILES string of the molecule is CC(C)(C)c1ccc(C(=O)N[C@H]2CCNC2)nc1. The third-order valence-electron chi connectivity index (χ3n) is 3.26. The number of hydrogen-bond acceptors (Lipinski definition) is 3. The van der Waals surface area contributed by atoms with Crippen LogP contribution in [0.5, 0.6) is 0 Å². The summed E-state index contributed by atoms with van der Waals surface area (Å²) in [6.45, 7) is 8.23. The van der Waals surface area contributed by atoms with Crippen LogP contribution < -0.4 is 10.6 Å². The Bertz CT molecular complexity index is 414. The molecule has 0 unspecified atom stereocenters. The van der Waals surface area contributed by atoms with E-state index in [1.807, 2.05) is 6.07 Å². The van der Waals surface area contributed by atoms with Crippen molar-refractivity contribution in [1.29, 1.82) is 0 Å². The van der Waals surface area contributed by atoms with Crippen LogP contribution in [-0.4, -0.2) is 30.0 Å². The van der Waals surface area contributed by atoms with Crippen molar-refractivity contribution in [2.24, 2.45) is 0 Å². The van der Waals surface area contributed by atoms with Gasteiger partial charge >= 0.3 is 0 Å². The molecule has 1 atom stereocenters. The van der Waals surface area contributed by atoms with E-state index in [0.29, 0.717) is 5.69 Å². The molecule has 18 heavy (non-hydrogen) atoms.